The lowest BCUT2D eigenvalue weighted by molar-refractivity contribution is 0.477. The van der Waals surface area contributed by atoms with E-state index in [0.717, 1.165) is 37.5 Å². The predicted octanol–water partition coefficient (Wildman–Crippen LogP) is 0.515. The second kappa shape index (κ2) is 5.26. The Labute approximate surface area is 87.1 Å². The maximum atomic E-state index is 5.08. The minimum atomic E-state index is 0.719. The molecule has 0 aliphatic heterocycles. The molecule has 0 saturated heterocycles. The molecule has 2 aromatic heterocycles. The van der Waals surface area contributed by atoms with Crippen molar-refractivity contribution < 1.29 is 4.42 Å². The number of nitrogens with one attached hydrogen (secondary N) is 2. The maximum Gasteiger partial charge on any atom is 0.180 e. The van der Waals surface area contributed by atoms with E-state index < -0.39 is 0 Å². The SMILES string of the molecule is c1n[nH]c(CCCNCc2cnco2)n1. The normalized spacial score (nSPS) is 10.7. The van der Waals surface area contributed by atoms with Gasteiger partial charge in [-0.2, -0.15) is 5.10 Å². The second-order valence-electron chi connectivity index (χ2n) is 3.18. The number of rotatable bonds is 6. The Morgan fingerprint density at radius 2 is 2.47 bits per heavy atom. The minimum absolute atomic E-state index is 0.719. The zero-order chi connectivity index (χ0) is 10.3. The fraction of sp³-hybridized carbons (Fsp3) is 0.444. The first-order chi connectivity index (χ1) is 7.45. The van der Waals surface area contributed by atoms with Crippen molar-refractivity contribution in [2.45, 2.75) is 19.4 Å². The van der Waals surface area contributed by atoms with Gasteiger partial charge in [0.25, 0.3) is 0 Å². The summed E-state index contributed by atoms with van der Waals surface area (Å²) in [5.74, 6) is 1.78. The second-order valence-corrected chi connectivity index (χ2v) is 3.18. The summed E-state index contributed by atoms with van der Waals surface area (Å²) >= 11 is 0. The summed E-state index contributed by atoms with van der Waals surface area (Å²) in [5.41, 5.74) is 0. The number of hydrogen-bond donors (Lipinski definition) is 2. The number of aromatic nitrogens is 4. The lowest BCUT2D eigenvalue weighted by atomic mass is 10.3. The standard InChI is InChI=1S/C9H13N5O/c1(2-9-12-6-13-14-9)3-10-4-8-5-11-7-15-8/h5-7,10H,1-4H2,(H,12,13,14). The summed E-state index contributed by atoms with van der Waals surface area (Å²) in [6.45, 7) is 1.64. The van der Waals surface area contributed by atoms with Gasteiger partial charge in [0, 0.05) is 6.42 Å². The van der Waals surface area contributed by atoms with Crippen molar-refractivity contribution in [3.63, 3.8) is 0 Å². The molecule has 0 saturated carbocycles. The molecular weight excluding hydrogens is 194 g/mol. The van der Waals surface area contributed by atoms with Crippen molar-refractivity contribution in [2.24, 2.45) is 0 Å². The summed E-state index contributed by atoms with van der Waals surface area (Å²) in [7, 11) is 0. The largest absolute Gasteiger partial charge is 0.447 e. The van der Waals surface area contributed by atoms with Crippen molar-refractivity contribution in [1.29, 1.82) is 0 Å². The van der Waals surface area contributed by atoms with E-state index in [-0.39, 0.29) is 0 Å². The molecule has 0 aromatic carbocycles. The summed E-state index contributed by atoms with van der Waals surface area (Å²) < 4.78 is 5.08. The van der Waals surface area contributed by atoms with Crippen LogP contribution in [0.5, 0.6) is 0 Å². The van der Waals surface area contributed by atoms with Gasteiger partial charge in [-0.3, -0.25) is 5.10 Å². The van der Waals surface area contributed by atoms with E-state index in [1.165, 1.54) is 12.7 Å². The van der Waals surface area contributed by atoms with Crippen LogP contribution in [0.2, 0.25) is 0 Å². The maximum absolute atomic E-state index is 5.08. The van der Waals surface area contributed by atoms with Gasteiger partial charge in [-0.25, -0.2) is 9.97 Å². The van der Waals surface area contributed by atoms with E-state index in [1.807, 2.05) is 0 Å². The highest BCUT2D eigenvalue weighted by atomic mass is 16.3. The highest BCUT2D eigenvalue weighted by molar-refractivity contribution is 4.87. The van der Waals surface area contributed by atoms with E-state index in [9.17, 15) is 0 Å². The molecule has 6 heteroatoms. The molecule has 0 aliphatic carbocycles. The molecule has 2 heterocycles. The molecule has 0 unspecified atom stereocenters. The number of oxazole rings is 1. The highest BCUT2D eigenvalue weighted by Crippen LogP contribution is 1.96. The molecule has 80 valence electrons. The van der Waals surface area contributed by atoms with Crippen LogP contribution in [-0.2, 0) is 13.0 Å². The summed E-state index contributed by atoms with van der Waals surface area (Å²) in [6.07, 6.45) is 6.60. The van der Waals surface area contributed by atoms with Crippen molar-refractivity contribution in [1.82, 2.24) is 25.5 Å². The van der Waals surface area contributed by atoms with Crippen molar-refractivity contribution >= 4 is 0 Å². The molecule has 2 N–H and O–H groups in total. The number of hydrogen-bond acceptors (Lipinski definition) is 5. The molecule has 0 bridgehead atoms. The van der Waals surface area contributed by atoms with Gasteiger partial charge in [-0.15, -0.1) is 0 Å². The first-order valence-corrected chi connectivity index (χ1v) is 4.87. The van der Waals surface area contributed by atoms with Crippen molar-refractivity contribution in [2.75, 3.05) is 6.54 Å². The Morgan fingerprint density at radius 3 is 3.20 bits per heavy atom. The number of nitrogens with zero attached hydrogens (tertiary/aromatic N) is 3. The van der Waals surface area contributed by atoms with Crippen molar-refractivity contribution in [3.05, 3.63) is 30.5 Å². The van der Waals surface area contributed by atoms with E-state index >= 15 is 0 Å². The van der Waals surface area contributed by atoms with Crippen LogP contribution in [0, 0.1) is 0 Å². The summed E-state index contributed by atoms with van der Waals surface area (Å²) in [6, 6.07) is 0. The predicted molar refractivity (Wildman–Crippen MR) is 52.9 cm³/mol. The lowest BCUT2D eigenvalue weighted by Gasteiger charge is -2.00. The van der Waals surface area contributed by atoms with Crippen LogP contribution in [0.25, 0.3) is 0 Å². The third-order valence-corrected chi connectivity index (χ3v) is 2.01. The average Bonchev–Trinajstić information content (AvgIpc) is 2.88. The van der Waals surface area contributed by atoms with E-state index in [1.54, 1.807) is 6.20 Å². The van der Waals surface area contributed by atoms with Crippen molar-refractivity contribution in [3.8, 4) is 0 Å². The Balaban J connectivity index is 1.56. The van der Waals surface area contributed by atoms with Crippen LogP contribution in [-0.4, -0.2) is 26.7 Å². The molecular formula is C9H13N5O. The first kappa shape index (κ1) is 9.85. The first-order valence-electron chi connectivity index (χ1n) is 4.87. The highest BCUT2D eigenvalue weighted by Gasteiger charge is 1.97. The molecule has 2 rings (SSSR count). The lowest BCUT2D eigenvalue weighted by Crippen LogP contribution is -2.15. The van der Waals surface area contributed by atoms with E-state index in [4.69, 9.17) is 4.42 Å². The Kier molecular flexibility index (Phi) is 3.45. The number of aryl methyl sites for hydroxylation is 1. The number of H-pyrrole nitrogens is 1. The monoisotopic (exact) mass is 207 g/mol. The van der Waals surface area contributed by atoms with Gasteiger partial charge in [0.2, 0.25) is 0 Å². The molecule has 0 aliphatic rings. The van der Waals surface area contributed by atoms with Gasteiger partial charge in [0.15, 0.2) is 6.39 Å². The van der Waals surface area contributed by atoms with Gasteiger partial charge in [-0.05, 0) is 13.0 Å². The zero-order valence-corrected chi connectivity index (χ0v) is 8.31. The Bertz CT molecular complexity index is 320. The molecule has 0 atom stereocenters. The van der Waals surface area contributed by atoms with Crippen LogP contribution in [0.3, 0.4) is 0 Å². The van der Waals surface area contributed by atoms with Gasteiger partial charge < -0.3 is 9.73 Å². The Morgan fingerprint density at radius 1 is 1.47 bits per heavy atom. The molecule has 0 spiro atoms. The van der Waals surface area contributed by atoms with Gasteiger partial charge >= 0.3 is 0 Å². The Hall–Kier alpha value is -1.69. The van der Waals surface area contributed by atoms with Crippen LogP contribution in [0.4, 0.5) is 0 Å². The van der Waals surface area contributed by atoms with E-state index in [2.05, 4.69) is 25.5 Å². The molecule has 6 nitrogen and oxygen atoms in total. The van der Waals surface area contributed by atoms with Gasteiger partial charge in [0.1, 0.15) is 17.9 Å². The molecule has 0 amide bonds. The smallest absolute Gasteiger partial charge is 0.180 e. The van der Waals surface area contributed by atoms with Crippen LogP contribution in [0.15, 0.2) is 23.3 Å². The van der Waals surface area contributed by atoms with Crippen LogP contribution < -0.4 is 5.32 Å². The van der Waals surface area contributed by atoms with E-state index in [0.29, 0.717) is 0 Å². The summed E-state index contributed by atoms with van der Waals surface area (Å²) in [5, 5.41) is 9.86. The minimum Gasteiger partial charge on any atom is -0.447 e. The zero-order valence-electron chi connectivity index (χ0n) is 8.31. The molecule has 0 radical (unpaired) electrons. The third-order valence-electron chi connectivity index (χ3n) is 2.01. The van der Waals surface area contributed by atoms with Gasteiger partial charge in [0.05, 0.1) is 12.7 Å². The number of aromatic amines is 1. The third kappa shape index (κ3) is 3.17. The van der Waals surface area contributed by atoms with Gasteiger partial charge in [-0.1, -0.05) is 0 Å². The fourth-order valence-corrected chi connectivity index (χ4v) is 1.27. The van der Waals surface area contributed by atoms with Crippen LogP contribution in [0.1, 0.15) is 18.0 Å². The fourth-order valence-electron chi connectivity index (χ4n) is 1.27. The topological polar surface area (TPSA) is 79.6 Å². The average molecular weight is 207 g/mol. The molecule has 15 heavy (non-hydrogen) atoms. The summed E-state index contributed by atoms with van der Waals surface area (Å²) in [4.78, 5) is 7.87. The molecule has 0 fully saturated rings. The quantitative estimate of drug-likeness (QED) is 0.675. The molecule has 2 aromatic rings. The van der Waals surface area contributed by atoms with Crippen LogP contribution >= 0.6 is 0 Å².